The number of nitrogens with zero attached hydrogens (tertiary/aromatic N) is 1. The molecule has 4 atom stereocenters. The molecule has 5 heteroatoms. The van der Waals surface area contributed by atoms with Gasteiger partial charge in [-0.3, -0.25) is 9.59 Å². The summed E-state index contributed by atoms with van der Waals surface area (Å²) < 4.78 is 14.9. The van der Waals surface area contributed by atoms with Crippen molar-refractivity contribution in [3.63, 3.8) is 0 Å². The zero-order valence-electron chi connectivity index (χ0n) is 17.4. The van der Waals surface area contributed by atoms with E-state index in [4.69, 9.17) is 0 Å². The average Bonchev–Trinajstić information content (AvgIpc) is 3.48. The van der Waals surface area contributed by atoms with Crippen molar-refractivity contribution < 1.29 is 14.0 Å². The molecule has 1 aliphatic heterocycles. The van der Waals surface area contributed by atoms with Gasteiger partial charge in [0.2, 0.25) is 0 Å². The average molecular weight is 416 g/mol. The van der Waals surface area contributed by atoms with Gasteiger partial charge in [-0.25, -0.2) is 4.39 Å². The van der Waals surface area contributed by atoms with Gasteiger partial charge in [-0.15, -0.1) is 0 Å². The van der Waals surface area contributed by atoms with Crippen LogP contribution in [0.15, 0.2) is 36.4 Å². The van der Waals surface area contributed by atoms with Crippen LogP contribution in [0.4, 0.5) is 4.39 Å². The molecule has 2 fully saturated rings. The van der Waals surface area contributed by atoms with Gasteiger partial charge in [0, 0.05) is 25.3 Å². The minimum absolute atomic E-state index is 0.0865. The first kappa shape index (κ1) is 20.1. The highest BCUT2D eigenvalue weighted by atomic mass is 19.1. The number of benzene rings is 2. The van der Waals surface area contributed by atoms with Crippen molar-refractivity contribution in [3.05, 3.63) is 58.9 Å². The Labute approximate surface area is 181 Å². The lowest BCUT2D eigenvalue weighted by molar-refractivity contribution is -0.122. The molecule has 0 spiro atoms. The Morgan fingerprint density at radius 1 is 1.13 bits per heavy atom. The van der Waals surface area contributed by atoms with Crippen LogP contribution in [0.1, 0.15) is 42.4 Å². The Hall–Kier alpha value is -2.84. The van der Waals surface area contributed by atoms with E-state index >= 15 is 0 Å². The number of hydrogen-bond acceptors (Lipinski definition) is 4. The molecule has 1 N–H and O–H groups in total. The largest absolute Gasteiger partial charge is 0.304 e. The summed E-state index contributed by atoms with van der Waals surface area (Å²) in [5.74, 6) is -0.190. The van der Waals surface area contributed by atoms with Crippen LogP contribution in [-0.4, -0.2) is 23.7 Å². The molecule has 1 saturated heterocycles. The van der Waals surface area contributed by atoms with E-state index in [-0.39, 0.29) is 36.3 Å². The number of ketones is 2. The van der Waals surface area contributed by atoms with Crippen LogP contribution < -0.4 is 5.32 Å². The summed E-state index contributed by atoms with van der Waals surface area (Å²) in [7, 11) is 0. The number of rotatable bonds is 6. The van der Waals surface area contributed by atoms with Gasteiger partial charge in [0.25, 0.3) is 0 Å². The Morgan fingerprint density at radius 3 is 2.61 bits per heavy atom. The third kappa shape index (κ3) is 3.93. The SMILES string of the molecule is N#C[C@@H](CC(=O)[C@H]1N[C@@H]2CC[C@H]1C2)Cc1ccc(-c2ccc3c(c2)CC(=O)C3)cc1F. The van der Waals surface area contributed by atoms with E-state index in [9.17, 15) is 19.2 Å². The fourth-order valence-corrected chi connectivity index (χ4v) is 5.54. The van der Waals surface area contributed by atoms with Crippen LogP contribution in [0.5, 0.6) is 0 Å². The van der Waals surface area contributed by atoms with Gasteiger partial charge < -0.3 is 5.32 Å². The minimum atomic E-state index is -0.528. The second kappa shape index (κ2) is 8.01. The topological polar surface area (TPSA) is 70.0 Å². The van der Waals surface area contributed by atoms with Gasteiger partial charge in [-0.05, 0) is 65.5 Å². The first-order chi connectivity index (χ1) is 15.0. The first-order valence-corrected chi connectivity index (χ1v) is 11.1. The van der Waals surface area contributed by atoms with Crippen LogP contribution in [0.2, 0.25) is 0 Å². The van der Waals surface area contributed by atoms with Crippen molar-refractivity contribution in [1.29, 1.82) is 5.26 Å². The molecular weight excluding hydrogens is 391 g/mol. The summed E-state index contributed by atoms with van der Waals surface area (Å²) in [6, 6.07) is 13.4. The molecule has 5 rings (SSSR count). The summed E-state index contributed by atoms with van der Waals surface area (Å²) >= 11 is 0. The maximum absolute atomic E-state index is 14.9. The van der Waals surface area contributed by atoms with E-state index in [2.05, 4.69) is 11.4 Å². The number of piperidine rings is 1. The van der Waals surface area contributed by atoms with Crippen LogP contribution in [0.25, 0.3) is 11.1 Å². The summed E-state index contributed by atoms with van der Waals surface area (Å²) in [4.78, 5) is 24.4. The maximum Gasteiger partial charge on any atom is 0.151 e. The molecule has 0 unspecified atom stereocenters. The van der Waals surface area contributed by atoms with Crippen molar-refractivity contribution in [2.45, 2.75) is 57.0 Å². The van der Waals surface area contributed by atoms with E-state index in [0.29, 0.717) is 30.4 Å². The number of hydrogen-bond donors (Lipinski definition) is 1. The van der Waals surface area contributed by atoms with Crippen LogP contribution >= 0.6 is 0 Å². The molecule has 2 aromatic rings. The number of Topliss-reactive ketones (excluding diaryl/α,β-unsaturated/α-hetero) is 2. The summed E-state index contributed by atoms with van der Waals surface area (Å²) in [6.07, 6.45) is 4.59. The third-order valence-electron chi connectivity index (χ3n) is 7.17. The third-order valence-corrected chi connectivity index (χ3v) is 7.17. The van der Waals surface area contributed by atoms with Crippen molar-refractivity contribution in [2.75, 3.05) is 0 Å². The Bertz CT molecular complexity index is 1100. The fourth-order valence-electron chi connectivity index (χ4n) is 5.54. The Balaban J connectivity index is 1.27. The first-order valence-electron chi connectivity index (χ1n) is 11.1. The highest BCUT2D eigenvalue weighted by Crippen LogP contribution is 2.36. The highest BCUT2D eigenvalue weighted by Gasteiger charge is 2.42. The van der Waals surface area contributed by atoms with Crippen molar-refractivity contribution >= 4 is 11.6 Å². The number of halogens is 1. The van der Waals surface area contributed by atoms with E-state index in [1.807, 2.05) is 24.3 Å². The number of nitrogens with one attached hydrogen (secondary N) is 1. The van der Waals surface area contributed by atoms with Crippen LogP contribution in [0, 0.1) is 29.0 Å². The second-order valence-corrected chi connectivity index (χ2v) is 9.30. The van der Waals surface area contributed by atoms with Crippen molar-refractivity contribution in [3.8, 4) is 17.2 Å². The quantitative estimate of drug-likeness (QED) is 0.774. The number of carbonyl (C=O) groups is 2. The smallest absolute Gasteiger partial charge is 0.151 e. The highest BCUT2D eigenvalue weighted by molar-refractivity contribution is 5.88. The summed E-state index contributed by atoms with van der Waals surface area (Å²) in [5, 5.41) is 13.0. The fraction of sp³-hybridized carbons (Fsp3) is 0.423. The Morgan fingerprint density at radius 2 is 1.90 bits per heavy atom. The molecule has 0 amide bonds. The lowest BCUT2D eigenvalue weighted by Gasteiger charge is -2.22. The normalized spacial score (nSPS) is 24.8. The molecule has 2 aromatic carbocycles. The number of nitriles is 1. The van der Waals surface area contributed by atoms with Crippen LogP contribution in [0.3, 0.4) is 0 Å². The predicted octanol–water partition coefficient (Wildman–Crippen LogP) is 3.94. The molecule has 0 radical (unpaired) electrons. The molecule has 1 saturated carbocycles. The zero-order chi connectivity index (χ0) is 21.5. The van der Waals surface area contributed by atoms with Gasteiger partial charge in [0.1, 0.15) is 11.6 Å². The Kier molecular flexibility index (Phi) is 5.19. The second-order valence-electron chi connectivity index (χ2n) is 9.30. The van der Waals surface area contributed by atoms with Crippen molar-refractivity contribution in [1.82, 2.24) is 5.32 Å². The monoisotopic (exact) mass is 416 g/mol. The van der Waals surface area contributed by atoms with Gasteiger partial charge in [0.15, 0.2) is 5.78 Å². The van der Waals surface area contributed by atoms with Gasteiger partial charge >= 0.3 is 0 Å². The molecule has 2 bridgehead atoms. The molecular formula is C26H25FN2O2. The van der Waals surface area contributed by atoms with E-state index in [1.165, 1.54) is 6.07 Å². The molecule has 1 heterocycles. The molecule has 2 aliphatic carbocycles. The van der Waals surface area contributed by atoms with Gasteiger partial charge in [-0.2, -0.15) is 5.26 Å². The maximum atomic E-state index is 14.9. The zero-order valence-corrected chi connectivity index (χ0v) is 17.4. The van der Waals surface area contributed by atoms with Gasteiger partial charge in [-0.1, -0.05) is 30.3 Å². The standard InChI is InChI=1S/C26H25FN2O2/c27-24-13-18(16-1-2-17-11-23(30)12-21(17)9-16)3-4-19(24)7-15(14-28)8-25(31)26-20-5-6-22(10-20)29-26/h1-4,9,13,15,20,22,26,29H,5-8,10-12H2/t15-,20+,22-,26+/m1/s1. The molecule has 3 aliphatic rings. The number of carbonyl (C=O) groups excluding carboxylic acids is 2. The molecule has 158 valence electrons. The summed E-state index contributed by atoms with van der Waals surface area (Å²) in [5.41, 5.74) is 4.16. The van der Waals surface area contributed by atoms with Gasteiger partial charge in [0.05, 0.1) is 18.0 Å². The molecule has 4 nitrogen and oxygen atoms in total. The van der Waals surface area contributed by atoms with E-state index in [1.54, 1.807) is 6.07 Å². The number of fused-ring (bicyclic) bond motifs is 3. The molecule has 0 aromatic heterocycles. The van der Waals surface area contributed by atoms with Crippen molar-refractivity contribution in [2.24, 2.45) is 11.8 Å². The molecule has 31 heavy (non-hydrogen) atoms. The summed E-state index contributed by atoms with van der Waals surface area (Å²) in [6.45, 7) is 0. The minimum Gasteiger partial charge on any atom is -0.304 e. The van der Waals surface area contributed by atoms with E-state index in [0.717, 1.165) is 41.5 Å². The van der Waals surface area contributed by atoms with Crippen LogP contribution in [-0.2, 0) is 28.9 Å². The lowest BCUT2D eigenvalue weighted by atomic mass is 9.88. The lowest BCUT2D eigenvalue weighted by Crippen LogP contribution is -2.42. The predicted molar refractivity (Wildman–Crippen MR) is 115 cm³/mol. The van der Waals surface area contributed by atoms with E-state index < -0.39 is 5.92 Å².